The molecule has 1 saturated heterocycles. The summed E-state index contributed by atoms with van der Waals surface area (Å²) >= 11 is 3.33. The molecule has 4 aliphatic carbocycles. The first-order valence-electron chi connectivity index (χ1n) is 9.00. The molecule has 1 aromatic rings. The fraction of sp³-hybridized carbons (Fsp3) is 0.450. The van der Waals surface area contributed by atoms with E-state index in [0.717, 1.165) is 15.8 Å². The standard InChI is InChI=1S/C20H18BrNO4/c1-9(20(25)26-11-4-2-10(21)3-5-11)22-18(23)16-12-6-7-13(15-8-14(12)15)17(16)19(22)24/h2-7,9,12-17H,8H2,1H3/t9-,12+,13+,14+,15+,16-,17-/m1/s1. The SMILES string of the molecule is C[C@H](C(=O)Oc1ccc(Br)cc1)N1C(=O)[C@@H]2[C@H]3C=C[C@@H]([C@@H]4C[C@@H]34)[C@H]2C1=O. The molecule has 2 saturated carbocycles. The normalized spacial score (nSPS) is 37.4. The Morgan fingerprint density at radius 1 is 1.08 bits per heavy atom. The van der Waals surface area contributed by atoms with Crippen molar-refractivity contribution in [3.8, 4) is 5.75 Å². The molecule has 3 fully saturated rings. The van der Waals surface area contributed by atoms with E-state index in [2.05, 4.69) is 28.1 Å². The van der Waals surface area contributed by atoms with Crippen molar-refractivity contribution in [2.45, 2.75) is 19.4 Å². The first-order valence-corrected chi connectivity index (χ1v) is 9.79. The van der Waals surface area contributed by atoms with E-state index in [1.807, 2.05) is 0 Å². The third kappa shape index (κ3) is 2.17. The minimum Gasteiger partial charge on any atom is -0.425 e. The minimum atomic E-state index is -0.917. The van der Waals surface area contributed by atoms with Crippen molar-refractivity contribution in [1.29, 1.82) is 0 Å². The lowest BCUT2D eigenvalue weighted by atomic mass is 9.63. The maximum atomic E-state index is 13.0. The highest BCUT2D eigenvalue weighted by molar-refractivity contribution is 9.10. The van der Waals surface area contributed by atoms with E-state index < -0.39 is 12.0 Å². The largest absolute Gasteiger partial charge is 0.425 e. The van der Waals surface area contributed by atoms with Crippen molar-refractivity contribution in [3.63, 3.8) is 0 Å². The van der Waals surface area contributed by atoms with Crippen molar-refractivity contribution in [2.75, 3.05) is 0 Å². The van der Waals surface area contributed by atoms with Crippen LogP contribution in [0.15, 0.2) is 40.9 Å². The van der Waals surface area contributed by atoms with Crippen LogP contribution in [-0.2, 0) is 14.4 Å². The number of carbonyl (C=O) groups is 3. The first-order chi connectivity index (χ1) is 12.5. The lowest BCUT2D eigenvalue weighted by Gasteiger charge is -2.37. The predicted molar refractivity (Wildman–Crippen MR) is 95.8 cm³/mol. The van der Waals surface area contributed by atoms with Crippen molar-refractivity contribution in [1.82, 2.24) is 4.90 Å². The van der Waals surface area contributed by atoms with Crippen LogP contribution in [0.4, 0.5) is 0 Å². The average Bonchev–Trinajstić information content (AvgIpc) is 3.41. The number of hydrogen-bond donors (Lipinski definition) is 0. The average molecular weight is 416 g/mol. The van der Waals surface area contributed by atoms with Gasteiger partial charge in [-0.25, -0.2) is 4.79 Å². The summed E-state index contributed by atoms with van der Waals surface area (Å²) in [5.74, 6) is 0.240. The number of imide groups is 1. The van der Waals surface area contributed by atoms with Gasteiger partial charge in [0.1, 0.15) is 11.8 Å². The van der Waals surface area contributed by atoms with Crippen LogP contribution < -0.4 is 4.74 Å². The van der Waals surface area contributed by atoms with Crippen LogP contribution >= 0.6 is 15.9 Å². The van der Waals surface area contributed by atoms with Gasteiger partial charge in [0, 0.05) is 4.47 Å². The van der Waals surface area contributed by atoms with Gasteiger partial charge in [0.15, 0.2) is 0 Å². The van der Waals surface area contributed by atoms with Gasteiger partial charge in [0.2, 0.25) is 11.8 Å². The molecule has 5 nitrogen and oxygen atoms in total. The summed E-state index contributed by atoms with van der Waals surface area (Å²) < 4.78 is 6.25. The number of amides is 2. The maximum absolute atomic E-state index is 13.0. The molecule has 1 heterocycles. The van der Waals surface area contributed by atoms with Crippen LogP contribution in [0, 0.1) is 35.5 Å². The van der Waals surface area contributed by atoms with E-state index in [0.29, 0.717) is 17.6 Å². The molecule has 0 spiro atoms. The number of halogens is 1. The van der Waals surface area contributed by atoms with Crippen molar-refractivity contribution in [3.05, 3.63) is 40.9 Å². The quantitative estimate of drug-likeness (QED) is 0.329. The van der Waals surface area contributed by atoms with Crippen LogP contribution in [-0.4, -0.2) is 28.7 Å². The fourth-order valence-electron chi connectivity index (χ4n) is 5.17. The molecule has 2 bridgehead atoms. The zero-order chi connectivity index (χ0) is 18.2. The van der Waals surface area contributed by atoms with Crippen LogP contribution in [0.5, 0.6) is 5.75 Å². The number of allylic oxidation sites excluding steroid dienone is 2. The number of hydrogen-bond acceptors (Lipinski definition) is 4. The zero-order valence-corrected chi connectivity index (χ0v) is 15.8. The maximum Gasteiger partial charge on any atom is 0.334 e. The minimum absolute atomic E-state index is 0.158. The van der Waals surface area contributed by atoms with Gasteiger partial charge in [-0.05, 0) is 61.3 Å². The van der Waals surface area contributed by atoms with Gasteiger partial charge in [-0.15, -0.1) is 0 Å². The monoisotopic (exact) mass is 415 g/mol. The topological polar surface area (TPSA) is 63.7 Å². The highest BCUT2D eigenvalue weighted by atomic mass is 79.9. The van der Waals surface area contributed by atoms with Gasteiger partial charge in [-0.2, -0.15) is 0 Å². The summed E-state index contributed by atoms with van der Waals surface area (Å²) in [7, 11) is 0. The molecule has 1 aliphatic heterocycles. The van der Waals surface area contributed by atoms with Crippen LogP contribution in [0.2, 0.25) is 0 Å². The van der Waals surface area contributed by atoms with Gasteiger partial charge in [-0.1, -0.05) is 28.1 Å². The first kappa shape index (κ1) is 16.2. The van der Waals surface area contributed by atoms with Crippen LogP contribution in [0.1, 0.15) is 13.3 Å². The highest BCUT2D eigenvalue weighted by Gasteiger charge is 2.67. The van der Waals surface area contributed by atoms with E-state index >= 15 is 0 Å². The summed E-state index contributed by atoms with van der Waals surface area (Å²) in [5, 5.41) is 0. The smallest absolute Gasteiger partial charge is 0.334 e. The second-order valence-electron chi connectivity index (χ2n) is 7.75. The Kier molecular flexibility index (Phi) is 3.45. The molecule has 0 radical (unpaired) electrons. The van der Waals surface area contributed by atoms with Gasteiger partial charge < -0.3 is 4.74 Å². The van der Waals surface area contributed by atoms with E-state index in [4.69, 9.17) is 4.74 Å². The Morgan fingerprint density at radius 2 is 1.62 bits per heavy atom. The van der Waals surface area contributed by atoms with Gasteiger partial charge in [0.05, 0.1) is 11.8 Å². The molecule has 0 N–H and O–H groups in total. The zero-order valence-electron chi connectivity index (χ0n) is 14.2. The van der Waals surface area contributed by atoms with Crippen molar-refractivity contribution >= 4 is 33.7 Å². The Labute approximate surface area is 159 Å². The van der Waals surface area contributed by atoms with Crippen molar-refractivity contribution < 1.29 is 19.1 Å². The predicted octanol–water partition coefficient (Wildman–Crippen LogP) is 2.80. The Balaban J connectivity index is 1.37. The number of nitrogens with zero attached hydrogens (tertiary/aromatic N) is 1. The molecule has 134 valence electrons. The van der Waals surface area contributed by atoms with Gasteiger partial charge >= 0.3 is 5.97 Å². The lowest BCUT2D eigenvalue weighted by molar-refractivity contribution is -0.152. The molecular weight excluding hydrogens is 398 g/mol. The third-order valence-electron chi connectivity index (χ3n) is 6.46. The molecule has 7 atom stereocenters. The highest BCUT2D eigenvalue weighted by Crippen LogP contribution is 2.65. The summed E-state index contributed by atoms with van der Waals surface area (Å²) in [6.07, 6.45) is 5.37. The van der Waals surface area contributed by atoms with Crippen molar-refractivity contribution in [2.24, 2.45) is 35.5 Å². The Bertz CT molecular complexity index is 812. The fourth-order valence-corrected chi connectivity index (χ4v) is 5.44. The summed E-state index contributed by atoms with van der Waals surface area (Å²) in [5.41, 5.74) is 0. The second kappa shape index (κ2) is 5.52. The van der Waals surface area contributed by atoms with E-state index in [1.54, 1.807) is 31.2 Å². The number of carbonyl (C=O) groups excluding carboxylic acids is 3. The third-order valence-corrected chi connectivity index (χ3v) is 6.99. The molecule has 6 heteroatoms. The number of benzene rings is 1. The van der Waals surface area contributed by atoms with E-state index in [1.165, 1.54) is 0 Å². The second-order valence-corrected chi connectivity index (χ2v) is 8.67. The van der Waals surface area contributed by atoms with Gasteiger partial charge in [0.25, 0.3) is 0 Å². The molecule has 2 amide bonds. The molecular formula is C20H18BrNO4. The van der Waals surface area contributed by atoms with Crippen LogP contribution in [0.3, 0.4) is 0 Å². The van der Waals surface area contributed by atoms with E-state index in [9.17, 15) is 14.4 Å². The lowest BCUT2D eigenvalue weighted by Crippen LogP contribution is -2.45. The summed E-state index contributed by atoms with van der Waals surface area (Å²) in [6, 6.07) is 5.95. The van der Waals surface area contributed by atoms with E-state index in [-0.39, 0.29) is 35.5 Å². The Hall–Kier alpha value is -1.95. The Morgan fingerprint density at radius 3 is 2.15 bits per heavy atom. The number of rotatable bonds is 3. The summed E-state index contributed by atoms with van der Waals surface area (Å²) in [4.78, 5) is 39.7. The molecule has 0 aromatic heterocycles. The number of esters is 1. The molecule has 26 heavy (non-hydrogen) atoms. The molecule has 6 rings (SSSR count). The summed E-state index contributed by atoms with van der Waals surface area (Å²) in [6.45, 7) is 1.57. The number of likely N-dealkylation sites (tertiary alicyclic amines) is 1. The van der Waals surface area contributed by atoms with Crippen LogP contribution in [0.25, 0.3) is 0 Å². The molecule has 1 aromatic carbocycles. The van der Waals surface area contributed by atoms with Gasteiger partial charge in [-0.3, -0.25) is 14.5 Å². The molecule has 5 aliphatic rings. The molecule has 0 unspecified atom stereocenters. The number of ether oxygens (including phenoxy) is 1.